The van der Waals surface area contributed by atoms with Crippen molar-refractivity contribution in [1.29, 1.82) is 0 Å². The Balaban J connectivity index is 2.40. The smallest absolute Gasteiger partial charge is 0.0462 e. The van der Waals surface area contributed by atoms with Gasteiger partial charge < -0.3 is 10.5 Å². The third-order valence-corrected chi connectivity index (χ3v) is 4.35. The Morgan fingerprint density at radius 3 is 2.56 bits per heavy atom. The highest BCUT2D eigenvalue weighted by Gasteiger charge is 2.30. The van der Waals surface area contributed by atoms with E-state index in [4.69, 9.17) is 10.5 Å². The molecular weight excluding hydrogens is 198 g/mol. The molecule has 0 aromatic rings. The fourth-order valence-electron chi connectivity index (χ4n) is 3.12. The summed E-state index contributed by atoms with van der Waals surface area (Å²) in [6.07, 6.45) is 6.63. The fourth-order valence-corrected chi connectivity index (χ4v) is 3.12. The van der Waals surface area contributed by atoms with E-state index in [0.29, 0.717) is 0 Å². The minimum atomic E-state index is 0.770. The summed E-state index contributed by atoms with van der Waals surface area (Å²) in [5.74, 6) is 3.38. The molecule has 1 aliphatic rings. The maximum absolute atomic E-state index is 5.89. The monoisotopic (exact) mass is 227 g/mol. The molecule has 0 spiro atoms. The third-order valence-electron chi connectivity index (χ3n) is 4.35. The van der Waals surface area contributed by atoms with Crippen molar-refractivity contribution in [3.63, 3.8) is 0 Å². The number of nitrogens with two attached hydrogens (primary N) is 1. The molecule has 3 atom stereocenters. The van der Waals surface area contributed by atoms with E-state index in [9.17, 15) is 0 Å². The second-order valence-electron chi connectivity index (χ2n) is 5.71. The molecule has 1 aliphatic carbocycles. The summed E-state index contributed by atoms with van der Waals surface area (Å²) in [6, 6.07) is 0. The number of hydrogen-bond donors (Lipinski definition) is 1. The normalized spacial score (nSPS) is 30.9. The molecule has 96 valence electrons. The van der Waals surface area contributed by atoms with Gasteiger partial charge in [0.05, 0.1) is 0 Å². The number of methoxy groups -OCH3 is 1. The van der Waals surface area contributed by atoms with E-state index < -0.39 is 0 Å². The van der Waals surface area contributed by atoms with Gasteiger partial charge in [0.1, 0.15) is 0 Å². The zero-order valence-corrected chi connectivity index (χ0v) is 11.2. The molecule has 0 saturated heterocycles. The second-order valence-corrected chi connectivity index (χ2v) is 5.71. The van der Waals surface area contributed by atoms with Crippen LogP contribution in [-0.2, 0) is 4.74 Å². The van der Waals surface area contributed by atoms with E-state index in [1.807, 2.05) is 0 Å². The van der Waals surface area contributed by atoms with Gasteiger partial charge in [-0.25, -0.2) is 0 Å². The average molecular weight is 227 g/mol. The van der Waals surface area contributed by atoms with Crippen molar-refractivity contribution < 1.29 is 4.74 Å². The zero-order valence-electron chi connectivity index (χ0n) is 11.2. The van der Waals surface area contributed by atoms with E-state index in [0.717, 1.165) is 36.8 Å². The lowest BCUT2D eigenvalue weighted by atomic mass is 9.69. The molecule has 1 rings (SSSR count). The maximum atomic E-state index is 5.89. The van der Waals surface area contributed by atoms with Crippen LogP contribution in [0.25, 0.3) is 0 Å². The second kappa shape index (κ2) is 7.29. The molecular formula is C14H29NO. The van der Waals surface area contributed by atoms with Gasteiger partial charge >= 0.3 is 0 Å². The van der Waals surface area contributed by atoms with Gasteiger partial charge in [-0.15, -0.1) is 0 Å². The van der Waals surface area contributed by atoms with E-state index >= 15 is 0 Å². The number of ether oxygens (including phenoxy) is 1. The van der Waals surface area contributed by atoms with Crippen LogP contribution in [-0.4, -0.2) is 20.3 Å². The largest absolute Gasteiger partial charge is 0.385 e. The summed E-state index contributed by atoms with van der Waals surface area (Å²) in [7, 11) is 1.79. The van der Waals surface area contributed by atoms with Gasteiger partial charge in [-0.05, 0) is 62.3 Å². The quantitative estimate of drug-likeness (QED) is 0.708. The molecule has 2 heteroatoms. The van der Waals surface area contributed by atoms with Crippen LogP contribution in [0.4, 0.5) is 0 Å². The predicted molar refractivity (Wildman–Crippen MR) is 69.3 cm³/mol. The Bertz CT molecular complexity index is 182. The Labute approximate surface area is 101 Å². The summed E-state index contributed by atoms with van der Waals surface area (Å²) in [6.45, 7) is 6.50. The fraction of sp³-hybridized carbons (Fsp3) is 1.00. The summed E-state index contributed by atoms with van der Waals surface area (Å²) in [5.41, 5.74) is 5.89. The Kier molecular flexibility index (Phi) is 6.37. The highest BCUT2D eigenvalue weighted by Crippen LogP contribution is 2.39. The summed E-state index contributed by atoms with van der Waals surface area (Å²) >= 11 is 0. The molecule has 0 heterocycles. The Morgan fingerprint density at radius 1 is 1.25 bits per heavy atom. The van der Waals surface area contributed by atoms with Gasteiger partial charge in [-0.1, -0.05) is 13.8 Å². The van der Waals surface area contributed by atoms with Crippen molar-refractivity contribution in [2.75, 3.05) is 20.3 Å². The van der Waals surface area contributed by atoms with Crippen LogP contribution in [0.2, 0.25) is 0 Å². The van der Waals surface area contributed by atoms with Gasteiger partial charge in [0.15, 0.2) is 0 Å². The summed E-state index contributed by atoms with van der Waals surface area (Å²) < 4.78 is 5.14. The number of hydrogen-bond acceptors (Lipinski definition) is 2. The van der Waals surface area contributed by atoms with Gasteiger partial charge in [-0.2, -0.15) is 0 Å². The van der Waals surface area contributed by atoms with Crippen LogP contribution in [0, 0.1) is 23.7 Å². The lowest BCUT2D eigenvalue weighted by molar-refractivity contribution is 0.126. The first-order valence-corrected chi connectivity index (χ1v) is 6.88. The molecule has 1 fully saturated rings. The zero-order chi connectivity index (χ0) is 12.0. The van der Waals surface area contributed by atoms with Crippen molar-refractivity contribution >= 4 is 0 Å². The first-order chi connectivity index (χ1) is 7.69. The van der Waals surface area contributed by atoms with Crippen molar-refractivity contribution in [2.24, 2.45) is 29.4 Å². The first-order valence-electron chi connectivity index (χ1n) is 6.88. The van der Waals surface area contributed by atoms with E-state index in [1.54, 1.807) is 7.11 Å². The molecule has 1 saturated carbocycles. The van der Waals surface area contributed by atoms with Crippen LogP contribution in [0.1, 0.15) is 46.0 Å². The molecule has 2 N–H and O–H groups in total. The lowest BCUT2D eigenvalue weighted by Crippen LogP contribution is -2.32. The minimum absolute atomic E-state index is 0.770. The third kappa shape index (κ3) is 4.06. The summed E-state index contributed by atoms with van der Waals surface area (Å²) in [5, 5.41) is 0. The Morgan fingerprint density at radius 2 is 2.00 bits per heavy atom. The predicted octanol–water partition coefficient (Wildman–Crippen LogP) is 3.06. The maximum Gasteiger partial charge on any atom is 0.0462 e. The highest BCUT2D eigenvalue weighted by atomic mass is 16.5. The van der Waals surface area contributed by atoms with Gasteiger partial charge in [0.25, 0.3) is 0 Å². The van der Waals surface area contributed by atoms with E-state index in [2.05, 4.69) is 13.8 Å². The van der Waals surface area contributed by atoms with Crippen molar-refractivity contribution in [1.82, 2.24) is 0 Å². The lowest BCUT2D eigenvalue weighted by Gasteiger charge is -2.37. The molecule has 2 nitrogen and oxygen atoms in total. The molecule has 0 aromatic heterocycles. The first kappa shape index (κ1) is 14.0. The van der Waals surface area contributed by atoms with Crippen LogP contribution < -0.4 is 5.73 Å². The van der Waals surface area contributed by atoms with Gasteiger partial charge in [0.2, 0.25) is 0 Å². The van der Waals surface area contributed by atoms with E-state index in [-0.39, 0.29) is 0 Å². The molecule has 0 aromatic carbocycles. The van der Waals surface area contributed by atoms with Gasteiger partial charge in [-0.3, -0.25) is 0 Å². The molecule has 0 bridgehead atoms. The molecule has 3 unspecified atom stereocenters. The van der Waals surface area contributed by atoms with Crippen LogP contribution in [0.15, 0.2) is 0 Å². The SMILES string of the molecule is COCCCC1CC(C(C)C)CCC1CN. The topological polar surface area (TPSA) is 35.2 Å². The minimum Gasteiger partial charge on any atom is -0.385 e. The Hall–Kier alpha value is -0.0800. The molecule has 0 aliphatic heterocycles. The molecule has 16 heavy (non-hydrogen) atoms. The highest BCUT2D eigenvalue weighted by molar-refractivity contribution is 4.82. The number of rotatable bonds is 6. The molecule has 0 radical (unpaired) electrons. The van der Waals surface area contributed by atoms with Crippen molar-refractivity contribution in [2.45, 2.75) is 46.0 Å². The van der Waals surface area contributed by atoms with Crippen LogP contribution in [0.3, 0.4) is 0 Å². The van der Waals surface area contributed by atoms with Crippen molar-refractivity contribution in [3.05, 3.63) is 0 Å². The van der Waals surface area contributed by atoms with Crippen LogP contribution >= 0.6 is 0 Å². The van der Waals surface area contributed by atoms with Crippen LogP contribution in [0.5, 0.6) is 0 Å². The standard InChI is InChI=1S/C14H29NO/c1-11(2)12-6-7-14(10-15)13(9-12)5-4-8-16-3/h11-14H,4-10,15H2,1-3H3. The average Bonchev–Trinajstić information content (AvgIpc) is 2.29. The van der Waals surface area contributed by atoms with Gasteiger partial charge in [0, 0.05) is 13.7 Å². The molecule has 0 amide bonds. The van der Waals surface area contributed by atoms with E-state index in [1.165, 1.54) is 32.1 Å². The van der Waals surface area contributed by atoms with Crippen molar-refractivity contribution in [3.8, 4) is 0 Å². The summed E-state index contributed by atoms with van der Waals surface area (Å²) in [4.78, 5) is 0.